The summed E-state index contributed by atoms with van der Waals surface area (Å²) < 4.78 is 36.8. The Hall–Kier alpha value is -1.57. The van der Waals surface area contributed by atoms with E-state index in [2.05, 4.69) is 4.98 Å². The van der Waals surface area contributed by atoms with Crippen molar-refractivity contribution in [1.29, 1.82) is 0 Å². The largest absolute Gasteiger partial charge is 0.480 e. The number of aliphatic carboxylic acids is 1. The van der Waals surface area contributed by atoms with Crippen molar-refractivity contribution in [2.75, 3.05) is 0 Å². The molecule has 1 unspecified atom stereocenters. The van der Waals surface area contributed by atoms with E-state index in [1.54, 1.807) is 0 Å². The number of hydrogen-bond donors (Lipinski definition) is 2. The SMILES string of the molecule is NC(Cc1cn(CC(F)(F)F)cn1)C(=O)O. The summed E-state index contributed by atoms with van der Waals surface area (Å²) in [4.78, 5) is 14.0. The quantitative estimate of drug-likeness (QED) is 0.794. The van der Waals surface area contributed by atoms with Crippen LogP contribution >= 0.6 is 0 Å². The minimum atomic E-state index is -4.33. The van der Waals surface area contributed by atoms with Gasteiger partial charge in [-0.2, -0.15) is 13.2 Å². The van der Waals surface area contributed by atoms with Gasteiger partial charge in [0.25, 0.3) is 0 Å². The second kappa shape index (κ2) is 4.52. The molecule has 1 rings (SSSR count). The summed E-state index contributed by atoms with van der Waals surface area (Å²) in [6.07, 6.45) is -2.29. The summed E-state index contributed by atoms with van der Waals surface area (Å²) in [5, 5.41) is 8.50. The third-order valence-electron chi connectivity index (χ3n) is 1.79. The molecule has 5 nitrogen and oxygen atoms in total. The predicted octanol–water partition coefficient (Wildman–Crippen LogP) is 0.400. The molecule has 0 aliphatic rings. The van der Waals surface area contributed by atoms with Gasteiger partial charge in [-0.05, 0) is 0 Å². The Kier molecular flexibility index (Phi) is 3.53. The van der Waals surface area contributed by atoms with E-state index in [9.17, 15) is 18.0 Å². The zero-order valence-corrected chi connectivity index (χ0v) is 8.11. The van der Waals surface area contributed by atoms with Crippen LogP contribution in [0.15, 0.2) is 12.5 Å². The molecule has 1 aromatic heterocycles. The third-order valence-corrected chi connectivity index (χ3v) is 1.79. The maximum absolute atomic E-state index is 12.0. The fourth-order valence-electron chi connectivity index (χ4n) is 1.12. The molecule has 0 aliphatic carbocycles. The summed E-state index contributed by atoms with van der Waals surface area (Å²) in [7, 11) is 0. The zero-order valence-electron chi connectivity index (χ0n) is 8.11. The van der Waals surface area contributed by atoms with Gasteiger partial charge in [-0.1, -0.05) is 0 Å². The number of hydrogen-bond acceptors (Lipinski definition) is 3. The van der Waals surface area contributed by atoms with Gasteiger partial charge in [-0.25, -0.2) is 4.98 Å². The van der Waals surface area contributed by atoms with Crippen LogP contribution in [0.3, 0.4) is 0 Å². The fraction of sp³-hybridized carbons (Fsp3) is 0.500. The lowest BCUT2D eigenvalue weighted by Crippen LogP contribution is -2.32. The second-order valence-corrected chi connectivity index (χ2v) is 3.30. The maximum Gasteiger partial charge on any atom is 0.406 e. The molecule has 1 heterocycles. The molecular weight excluding hydrogens is 227 g/mol. The van der Waals surface area contributed by atoms with Gasteiger partial charge in [-0.15, -0.1) is 0 Å². The summed E-state index contributed by atoms with van der Waals surface area (Å²) in [6.45, 7) is -1.15. The normalized spacial score (nSPS) is 13.8. The molecule has 0 amide bonds. The number of imidazole rings is 1. The number of nitrogens with two attached hydrogens (primary N) is 1. The van der Waals surface area contributed by atoms with Crippen molar-refractivity contribution in [3.63, 3.8) is 0 Å². The first-order valence-corrected chi connectivity index (χ1v) is 4.34. The number of alkyl halides is 3. The lowest BCUT2D eigenvalue weighted by atomic mass is 10.2. The molecule has 1 aromatic rings. The molecule has 0 fully saturated rings. The van der Waals surface area contributed by atoms with Crippen LogP contribution in [0.5, 0.6) is 0 Å². The summed E-state index contributed by atoms with van der Waals surface area (Å²) in [6, 6.07) is -1.16. The van der Waals surface area contributed by atoms with Gasteiger partial charge >= 0.3 is 12.1 Å². The Bertz CT molecular complexity index is 375. The first-order valence-electron chi connectivity index (χ1n) is 4.34. The molecular formula is C8H10F3N3O2. The van der Waals surface area contributed by atoms with E-state index in [0.29, 0.717) is 0 Å². The Morgan fingerprint density at radius 2 is 2.25 bits per heavy atom. The molecule has 3 N–H and O–H groups in total. The van der Waals surface area contributed by atoms with Gasteiger partial charge in [-0.3, -0.25) is 4.79 Å². The number of nitrogens with zero attached hydrogens (tertiary/aromatic N) is 2. The molecule has 16 heavy (non-hydrogen) atoms. The van der Waals surface area contributed by atoms with Gasteiger partial charge in [0.1, 0.15) is 12.6 Å². The van der Waals surface area contributed by atoms with Crippen molar-refractivity contribution >= 4 is 5.97 Å². The Morgan fingerprint density at radius 1 is 1.62 bits per heavy atom. The second-order valence-electron chi connectivity index (χ2n) is 3.30. The third kappa shape index (κ3) is 3.89. The molecule has 8 heteroatoms. The predicted molar refractivity (Wildman–Crippen MR) is 47.6 cm³/mol. The lowest BCUT2D eigenvalue weighted by molar-refractivity contribution is -0.141. The molecule has 0 radical (unpaired) electrons. The number of carboxylic acid groups (broad SMARTS) is 1. The first-order chi connectivity index (χ1) is 7.28. The maximum atomic E-state index is 12.0. The Labute approximate surface area is 88.7 Å². The summed E-state index contributed by atoms with van der Waals surface area (Å²) in [5.74, 6) is -1.22. The number of aromatic nitrogens is 2. The van der Waals surface area contributed by atoms with Crippen LogP contribution in [-0.4, -0.2) is 32.8 Å². The van der Waals surface area contributed by atoms with E-state index in [1.807, 2.05) is 0 Å². The van der Waals surface area contributed by atoms with Gasteiger partial charge in [0.2, 0.25) is 0 Å². The van der Waals surface area contributed by atoms with Crippen molar-refractivity contribution in [1.82, 2.24) is 9.55 Å². The van der Waals surface area contributed by atoms with E-state index < -0.39 is 24.7 Å². The van der Waals surface area contributed by atoms with E-state index in [1.165, 1.54) is 0 Å². The first kappa shape index (κ1) is 12.5. The van der Waals surface area contributed by atoms with E-state index in [-0.39, 0.29) is 12.1 Å². The number of carboxylic acids is 1. The van der Waals surface area contributed by atoms with E-state index in [4.69, 9.17) is 10.8 Å². The van der Waals surface area contributed by atoms with Gasteiger partial charge in [0.15, 0.2) is 0 Å². The average molecular weight is 237 g/mol. The average Bonchev–Trinajstić information content (AvgIpc) is 2.49. The number of halogens is 3. The van der Waals surface area contributed by atoms with Crippen molar-refractivity contribution in [3.8, 4) is 0 Å². The smallest absolute Gasteiger partial charge is 0.406 e. The molecule has 0 saturated carbocycles. The highest BCUT2D eigenvalue weighted by molar-refractivity contribution is 5.73. The fourth-order valence-corrected chi connectivity index (χ4v) is 1.12. The topological polar surface area (TPSA) is 81.1 Å². The summed E-state index contributed by atoms with van der Waals surface area (Å²) in [5.41, 5.74) is 5.44. The molecule has 0 aliphatic heterocycles. The minimum Gasteiger partial charge on any atom is -0.480 e. The van der Waals surface area contributed by atoms with Crippen LogP contribution in [0.1, 0.15) is 5.69 Å². The van der Waals surface area contributed by atoms with Gasteiger partial charge < -0.3 is 15.4 Å². The number of carbonyl (C=O) groups is 1. The summed E-state index contributed by atoms with van der Waals surface area (Å²) >= 11 is 0. The van der Waals surface area contributed by atoms with Crippen molar-refractivity contribution in [3.05, 3.63) is 18.2 Å². The van der Waals surface area contributed by atoms with Gasteiger partial charge in [0, 0.05) is 12.6 Å². The molecule has 0 aromatic carbocycles. The van der Waals surface area contributed by atoms with Crippen LogP contribution in [0.4, 0.5) is 13.2 Å². The van der Waals surface area contributed by atoms with Crippen LogP contribution in [-0.2, 0) is 17.8 Å². The van der Waals surface area contributed by atoms with Crippen molar-refractivity contribution in [2.24, 2.45) is 5.73 Å². The van der Waals surface area contributed by atoms with Crippen molar-refractivity contribution < 1.29 is 23.1 Å². The van der Waals surface area contributed by atoms with Crippen LogP contribution in [0.2, 0.25) is 0 Å². The standard InChI is InChI=1S/C8H10F3N3O2/c9-8(10,11)3-14-2-5(13-4-14)1-6(12)7(15)16/h2,4,6H,1,3,12H2,(H,15,16). The number of rotatable bonds is 4. The minimum absolute atomic E-state index is 0.0970. The van der Waals surface area contributed by atoms with E-state index >= 15 is 0 Å². The highest BCUT2D eigenvalue weighted by Gasteiger charge is 2.28. The van der Waals surface area contributed by atoms with Crippen molar-refractivity contribution in [2.45, 2.75) is 25.2 Å². The molecule has 0 saturated heterocycles. The lowest BCUT2D eigenvalue weighted by Gasteiger charge is -2.06. The Morgan fingerprint density at radius 3 is 2.75 bits per heavy atom. The zero-order chi connectivity index (χ0) is 12.3. The molecule has 0 bridgehead atoms. The highest BCUT2D eigenvalue weighted by atomic mass is 19.4. The molecule has 90 valence electrons. The van der Waals surface area contributed by atoms with Gasteiger partial charge in [0.05, 0.1) is 12.0 Å². The molecule has 0 spiro atoms. The van der Waals surface area contributed by atoms with Crippen LogP contribution in [0.25, 0.3) is 0 Å². The van der Waals surface area contributed by atoms with Crippen LogP contribution < -0.4 is 5.73 Å². The van der Waals surface area contributed by atoms with E-state index in [0.717, 1.165) is 17.1 Å². The Balaban J connectivity index is 2.62. The monoisotopic (exact) mass is 237 g/mol. The highest BCUT2D eigenvalue weighted by Crippen LogP contribution is 2.17. The molecule has 1 atom stereocenters. The van der Waals surface area contributed by atoms with Crippen LogP contribution in [0, 0.1) is 0 Å².